The molecule has 4 rings (SSSR count). The number of nitrogens with zero attached hydrogens (tertiary/aromatic N) is 6. The lowest BCUT2D eigenvalue weighted by Gasteiger charge is -1.97. The summed E-state index contributed by atoms with van der Waals surface area (Å²) in [6, 6.07) is 13.5. The Bertz CT molecular complexity index is 988. The Morgan fingerprint density at radius 2 is 1.11 bits per heavy atom. The summed E-state index contributed by atoms with van der Waals surface area (Å²) >= 11 is 0. The van der Waals surface area contributed by atoms with Crippen molar-refractivity contribution in [2.75, 3.05) is 0 Å². The van der Waals surface area contributed by atoms with Crippen molar-refractivity contribution in [1.82, 2.24) is 29.5 Å². The fourth-order valence-corrected chi connectivity index (χ4v) is 2.11. The Labute approximate surface area is 158 Å². The molecule has 0 bridgehead atoms. The fraction of sp³-hybridized carbons (Fsp3) is 0. The van der Waals surface area contributed by atoms with Gasteiger partial charge in [0.05, 0.1) is 0 Å². The van der Waals surface area contributed by atoms with E-state index in [9.17, 15) is 9.59 Å². The third-order valence-corrected chi connectivity index (χ3v) is 3.38. The Balaban J connectivity index is 0.000000161. The first-order valence-electron chi connectivity index (χ1n) is 7.95. The van der Waals surface area contributed by atoms with Gasteiger partial charge in [0, 0.05) is 24.8 Å². The van der Waals surface area contributed by atoms with Crippen LogP contribution in [-0.2, 0) is 0 Å². The van der Waals surface area contributed by atoms with Gasteiger partial charge in [-0.05, 0) is 36.4 Å². The van der Waals surface area contributed by atoms with Crippen LogP contribution in [0.4, 0.5) is 0 Å². The number of rotatable bonds is 4. The summed E-state index contributed by atoms with van der Waals surface area (Å²) in [7, 11) is 0. The predicted molar refractivity (Wildman–Crippen MR) is 96.6 cm³/mol. The van der Waals surface area contributed by atoms with Crippen LogP contribution in [0.3, 0.4) is 0 Å². The van der Waals surface area contributed by atoms with Crippen LogP contribution in [0.15, 0.2) is 73.3 Å². The van der Waals surface area contributed by atoms with Crippen LogP contribution in [-0.4, -0.2) is 51.7 Å². The molecule has 0 spiro atoms. The van der Waals surface area contributed by atoms with E-state index in [0.29, 0.717) is 11.6 Å². The number of pyridine rings is 2. The topological polar surface area (TPSA) is 136 Å². The van der Waals surface area contributed by atoms with Gasteiger partial charge in [0.15, 0.2) is 23.0 Å². The minimum Gasteiger partial charge on any atom is -0.476 e. The van der Waals surface area contributed by atoms with Gasteiger partial charge < -0.3 is 10.2 Å². The van der Waals surface area contributed by atoms with Crippen LogP contribution in [0.25, 0.3) is 11.6 Å². The average Bonchev–Trinajstić information content (AvgIpc) is 3.40. The average molecular weight is 378 g/mol. The molecule has 0 amide bonds. The number of carboxylic acid groups (broad SMARTS) is 2. The maximum Gasteiger partial charge on any atom is 0.356 e. The second-order valence-electron chi connectivity index (χ2n) is 5.28. The van der Waals surface area contributed by atoms with Crippen molar-refractivity contribution in [3.05, 3.63) is 84.7 Å². The molecule has 2 N–H and O–H groups in total. The van der Waals surface area contributed by atoms with E-state index in [0.717, 1.165) is 0 Å². The van der Waals surface area contributed by atoms with Crippen molar-refractivity contribution in [2.45, 2.75) is 0 Å². The van der Waals surface area contributed by atoms with Crippen molar-refractivity contribution in [3.8, 4) is 11.6 Å². The zero-order valence-corrected chi connectivity index (χ0v) is 14.3. The van der Waals surface area contributed by atoms with E-state index in [1.54, 1.807) is 49.1 Å². The van der Waals surface area contributed by atoms with Crippen LogP contribution in [0.5, 0.6) is 0 Å². The third kappa shape index (κ3) is 4.43. The highest BCUT2D eigenvalue weighted by Crippen LogP contribution is 2.04. The predicted octanol–water partition coefficient (Wildman–Crippen LogP) is 1.93. The minimum absolute atomic E-state index is 0.00986. The molecule has 0 aromatic carbocycles. The van der Waals surface area contributed by atoms with Gasteiger partial charge in [-0.2, -0.15) is 10.2 Å². The molecule has 10 heteroatoms. The molecule has 10 nitrogen and oxygen atoms in total. The van der Waals surface area contributed by atoms with Gasteiger partial charge in [-0.25, -0.2) is 28.9 Å². The molecule has 4 aromatic heterocycles. The number of carboxylic acids is 2. The molecule has 4 aromatic rings. The van der Waals surface area contributed by atoms with Crippen LogP contribution >= 0.6 is 0 Å². The molecular weight excluding hydrogens is 364 g/mol. The van der Waals surface area contributed by atoms with Crippen molar-refractivity contribution in [3.63, 3.8) is 0 Å². The summed E-state index contributed by atoms with van der Waals surface area (Å²) in [6.45, 7) is 0. The van der Waals surface area contributed by atoms with Gasteiger partial charge in [-0.3, -0.25) is 0 Å². The van der Waals surface area contributed by atoms with Gasteiger partial charge >= 0.3 is 11.9 Å². The lowest BCUT2D eigenvalue weighted by atomic mass is 10.4. The van der Waals surface area contributed by atoms with Crippen molar-refractivity contribution in [1.29, 1.82) is 0 Å². The first-order valence-corrected chi connectivity index (χ1v) is 7.95. The summed E-state index contributed by atoms with van der Waals surface area (Å²) < 4.78 is 2.84. The van der Waals surface area contributed by atoms with Crippen molar-refractivity contribution >= 4 is 11.9 Å². The van der Waals surface area contributed by atoms with Gasteiger partial charge in [-0.1, -0.05) is 12.1 Å². The Morgan fingerprint density at radius 3 is 1.39 bits per heavy atom. The summed E-state index contributed by atoms with van der Waals surface area (Å²) in [5, 5.41) is 25.0. The highest BCUT2D eigenvalue weighted by atomic mass is 16.4. The van der Waals surface area contributed by atoms with E-state index >= 15 is 0 Å². The zero-order chi connectivity index (χ0) is 19.9. The maximum atomic E-state index is 10.5. The molecule has 0 aliphatic heterocycles. The summed E-state index contributed by atoms with van der Waals surface area (Å²) in [5.41, 5.74) is 0.0197. The van der Waals surface area contributed by atoms with Crippen LogP contribution < -0.4 is 0 Å². The molecule has 0 unspecified atom stereocenters. The molecule has 0 fully saturated rings. The molecule has 4 heterocycles. The molecule has 0 radical (unpaired) electrons. The number of hydrogen-bond acceptors (Lipinski definition) is 6. The van der Waals surface area contributed by atoms with E-state index in [4.69, 9.17) is 10.2 Å². The Hall–Kier alpha value is -4.34. The molecule has 0 atom stereocenters. The smallest absolute Gasteiger partial charge is 0.356 e. The summed E-state index contributed by atoms with van der Waals surface area (Å²) in [5.74, 6) is -0.889. The maximum absolute atomic E-state index is 10.5. The lowest BCUT2D eigenvalue weighted by molar-refractivity contribution is 0.0679. The van der Waals surface area contributed by atoms with Crippen molar-refractivity contribution in [2.24, 2.45) is 0 Å². The zero-order valence-electron chi connectivity index (χ0n) is 14.3. The minimum atomic E-state index is -1.04. The molecule has 0 aliphatic carbocycles. The van der Waals surface area contributed by atoms with E-state index < -0.39 is 11.9 Å². The van der Waals surface area contributed by atoms with E-state index in [-0.39, 0.29) is 11.4 Å². The standard InChI is InChI=1S/2C9H7N3O2/c2*13-9(14)7-4-6-12(11-7)8-3-1-2-5-10-8/h2*1-6H,(H,13,14). The molecule has 0 saturated carbocycles. The van der Waals surface area contributed by atoms with Crippen LogP contribution in [0.1, 0.15) is 21.0 Å². The van der Waals surface area contributed by atoms with Gasteiger partial charge in [0.1, 0.15) is 0 Å². The van der Waals surface area contributed by atoms with Crippen molar-refractivity contribution < 1.29 is 19.8 Å². The molecule has 28 heavy (non-hydrogen) atoms. The van der Waals surface area contributed by atoms with Gasteiger partial charge in [0.2, 0.25) is 0 Å². The van der Waals surface area contributed by atoms with Gasteiger partial charge in [-0.15, -0.1) is 0 Å². The Kier molecular flexibility index (Phi) is 5.51. The van der Waals surface area contributed by atoms with Gasteiger partial charge in [0.25, 0.3) is 0 Å². The molecule has 0 aliphatic rings. The summed E-state index contributed by atoms with van der Waals surface area (Å²) in [6.07, 6.45) is 6.37. The second kappa shape index (κ2) is 8.36. The largest absolute Gasteiger partial charge is 0.476 e. The third-order valence-electron chi connectivity index (χ3n) is 3.38. The monoisotopic (exact) mass is 378 g/mol. The van der Waals surface area contributed by atoms with E-state index in [1.807, 2.05) is 12.1 Å². The Morgan fingerprint density at radius 1 is 0.679 bits per heavy atom. The number of aromatic nitrogens is 6. The van der Waals surface area contributed by atoms with E-state index in [2.05, 4.69) is 20.2 Å². The first kappa shape index (κ1) is 18.5. The first-order chi connectivity index (χ1) is 13.5. The fourth-order valence-electron chi connectivity index (χ4n) is 2.11. The molecular formula is C18H14N6O4. The number of hydrogen-bond donors (Lipinski definition) is 2. The highest BCUT2D eigenvalue weighted by molar-refractivity contribution is 5.85. The highest BCUT2D eigenvalue weighted by Gasteiger charge is 2.08. The van der Waals surface area contributed by atoms with Crippen LogP contribution in [0.2, 0.25) is 0 Å². The SMILES string of the molecule is O=C(O)c1ccn(-c2ccccn2)n1.O=C(O)c1ccn(-c2ccccn2)n1. The molecule has 140 valence electrons. The quantitative estimate of drug-likeness (QED) is 0.550. The normalized spacial score (nSPS) is 10.0. The second-order valence-corrected chi connectivity index (χ2v) is 5.28. The van der Waals surface area contributed by atoms with Crippen LogP contribution in [0, 0.1) is 0 Å². The summed E-state index contributed by atoms with van der Waals surface area (Å²) in [4.78, 5) is 29.2. The number of aromatic carboxylic acids is 2. The lowest BCUT2D eigenvalue weighted by Crippen LogP contribution is -2.01. The number of carbonyl (C=O) groups is 2. The van der Waals surface area contributed by atoms with E-state index in [1.165, 1.54) is 21.5 Å². The molecule has 0 saturated heterocycles.